The van der Waals surface area contributed by atoms with Crippen molar-refractivity contribution in [1.82, 2.24) is 9.29 Å². The van der Waals surface area contributed by atoms with Crippen molar-refractivity contribution in [2.24, 2.45) is 0 Å². The van der Waals surface area contributed by atoms with Crippen LogP contribution in [0.15, 0.2) is 59.5 Å². The molecule has 0 radical (unpaired) electrons. The lowest BCUT2D eigenvalue weighted by molar-refractivity contribution is -0.0498. The molecule has 186 valence electrons. The molecule has 0 aliphatic rings. The molecule has 35 heavy (non-hydrogen) atoms. The van der Waals surface area contributed by atoms with Gasteiger partial charge in [0.25, 0.3) is 0 Å². The SMILES string of the molecule is CNS(=O)(=O)c1cccc(C(=O)OC(C)C(=O)c2cc(C)n(-c3ccc(OC(F)F)cc3)c2C)c1. The number of hydrogen-bond donors (Lipinski definition) is 1. The topological polar surface area (TPSA) is 104 Å². The van der Waals surface area contributed by atoms with Gasteiger partial charge in [-0.05, 0) is 76.3 Å². The fourth-order valence-corrected chi connectivity index (χ4v) is 4.37. The smallest absolute Gasteiger partial charge is 0.387 e. The Kier molecular flexibility index (Phi) is 7.71. The summed E-state index contributed by atoms with van der Waals surface area (Å²) < 4.78 is 62.4. The molecule has 0 bridgehead atoms. The second-order valence-electron chi connectivity index (χ2n) is 7.64. The summed E-state index contributed by atoms with van der Waals surface area (Å²) in [6.07, 6.45) is -1.15. The highest BCUT2D eigenvalue weighted by atomic mass is 32.2. The average molecular weight is 507 g/mol. The minimum Gasteiger partial charge on any atom is -0.451 e. The van der Waals surface area contributed by atoms with Gasteiger partial charge in [0.2, 0.25) is 15.8 Å². The zero-order valence-corrected chi connectivity index (χ0v) is 20.2. The molecule has 2 aromatic carbocycles. The van der Waals surface area contributed by atoms with Gasteiger partial charge in [0.05, 0.1) is 10.5 Å². The summed E-state index contributed by atoms with van der Waals surface area (Å²) in [5, 5.41) is 0. The van der Waals surface area contributed by atoms with E-state index in [9.17, 15) is 26.8 Å². The lowest BCUT2D eigenvalue weighted by Gasteiger charge is -2.14. The van der Waals surface area contributed by atoms with Crippen LogP contribution in [-0.4, -0.2) is 44.5 Å². The third-order valence-corrected chi connectivity index (χ3v) is 6.73. The maximum absolute atomic E-state index is 13.1. The van der Waals surface area contributed by atoms with Crippen LogP contribution in [0.5, 0.6) is 5.75 Å². The van der Waals surface area contributed by atoms with E-state index >= 15 is 0 Å². The first-order chi connectivity index (χ1) is 16.4. The first-order valence-electron chi connectivity index (χ1n) is 10.5. The highest BCUT2D eigenvalue weighted by Gasteiger charge is 2.25. The molecule has 0 saturated carbocycles. The zero-order chi connectivity index (χ0) is 25.9. The average Bonchev–Trinajstić information content (AvgIpc) is 3.12. The lowest BCUT2D eigenvalue weighted by Crippen LogP contribution is -2.25. The standard InChI is InChI=1S/C24H24F2N2O6S/c1-14-12-21(15(2)28(14)18-8-10-19(11-9-18)34-24(25)26)22(29)16(3)33-23(30)17-6-5-7-20(13-17)35(31,32)27-4/h5-13,16,24,27H,1-4H3. The molecule has 8 nitrogen and oxygen atoms in total. The van der Waals surface area contributed by atoms with Gasteiger partial charge >= 0.3 is 12.6 Å². The first-order valence-corrected chi connectivity index (χ1v) is 12.0. The van der Waals surface area contributed by atoms with Gasteiger partial charge in [-0.3, -0.25) is 4.79 Å². The van der Waals surface area contributed by atoms with Gasteiger partial charge in [0, 0.05) is 22.6 Å². The Balaban J connectivity index is 1.80. The van der Waals surface area contributed by atoms with Crippen LogP contribution in [0, 0.1) is 13.8 Å². The third-order valence-electron chi connectivity index (χ3n) is 5.32. The van der Waals surface area contributed by atoms with Crippen molar-refractivity contribution in [1.29, 1.82) is 0 Å². The van der Waals surface area contributed by atoms with Crippen molar-refractivity contribution < 1.29 is 36.3 Å². The molecule has 11 heteroatoms. The molecule has 1 unspecified atom stereocenters. The van der Waals surface area contributed by atoms with Gasteiger partial charge < -0.3 is 14.0 Å². The molecular formula is C24H24F2N2O6S. The van der Waals surface area contributed by atoms with Crippen LogP contribution >= 0.6 is 0 Å². The lowest BCUT2D eigenvalue weighted by atomic mass is 10.1. The summed E-state index contributed by atoms with van der Waals surface area (Å²) in [5.74, 6) is -1.29. The molecule has 1 N–H and O–H groups in total. The Morgan fingerprint density at radius 2 is 1.69 bits per heavy atom. The summed E-state index contributed by atoms with van der Waals surface area (Å²) >= 11 is 0. The summed E-state index contributed by atoms with van der Waals surface area (Å²) in [6.45, 7) is 1.98. The van der Waals surface area contributed by atoms with Gasteiger partial charge in [-0.15, -0.1) is 0 Å². The van der Waals surface area contributed by atoms with Gasteiger partial charge in [-0.25, -0.2) is 17.9 Å². The van der Waals surface area contributed by atoms with Crippen LogP contribution in [0.1, 0.15) is 39.0 Å². The predicted molar refractivity (Wildman–Crippen MR) is 124 cm³/mol. The third kappa shape index (κ3) is 5.75. The molecule has 0 spiro atoms. The summed E-state index contributed by atoms with van der Waals surface area (Å²) in [5.41, 5.74) is 2.21. The number of ketones is 1. The number of carbonyl (C=O) groups excluding carboxylic acids is 2. The molecule has 0 saturated heterocycles. The Morgan fingerprint density at radius 3 is 2.29 bits per heavy atom. The fourth-order valence-electron chi connectivity index (χ4n) is 3.60. The van der Waals surface area contributed by atoms with E-state index in [1.54, 1.807) is 36.6 Å². The number of aromatic nitrogens is 1. The number of benzene rings is 2. The molecule has 0 aliphatic carbocycles. The zero-order valence-electron chi connectivity index (χ0n) is 19.4. The maximum atomic E-state index is 13.1. The molecular weight excluding hydrogens is 482 g/mol. The number of nitrogens with zero attached hydrogens (tertiary/aromatic N) is 1. The summed E-state index contributed by atoms with van der Waals surface area (Å²) in [4.78, 5) is 25.6. The van der Waals surface area contributed by atoms with E-state index in [-0.39, 0.29) is 16.2 Å². The molecule has 0 aliphatic heterocycles. The molecule has 1 heterocycles. The quantitative estimate of drug-likeness (QED) is 0.347. The predicted octanol–water partition coefficient (Wildman–Crippen LogP) is 4.03. The minimum atomic E-state index is -3.76. The van der Waals surface area contributed by atoms with E-state index in [4.69, 9.17) is 4.74 Å². The number of aryl methyl sites for hydroxylation is 1. The Hall–Kier alpha value is -3.57. The molecule has 3 rings (SSSR count). The Morgan fingerprint density at radius 1 is 1.03 bits per heavy atom. The normalized spacial score (nSPS) is 12.4. The highest BCUT2D eigenvalue weighted by molar-refractivity contribution is 7.89. The number of Topliss-reactive ketones (excluding diaryl/α,β-unsaturated/α-hetero) is 1. The number of rotatable bonds is 9. The molecule has 0 amide bonds. The van der Waals surface area contributed by atoms with Crippen molar-refractivity contribution in [3.63, 3.8) is 0 Å². The summed E-state index contributed by atoms with van der Waals surface area (Å²) in [7, 11) is -2.50. The second-order valence-corrected chi connectivity index (χ2v) is 9.53. The largest absolute Gasteiger partial charge is 0.451 e. The molecule has 0 fully saturated rings. The number of nitrogens with one attached hydrogen (secondary N) is 1. The van der Waals surface area contributed by atoms with Gasteiger partial charge in [0.1, 0.15) is 5.75 Å². The van der Waals surface area contributed by atoms with E-state index < -0.39 is 34.5 Å². The number of esters is 1. The van der Waals surface area contributed by atoms with E-state index in [1.165, 1.54) is 50.4 Å². The van der Waals surface area contributed by atoms with Gasteiger partial charge in [0.15, 0.2) is 6.10 Å². The second kappa shape index (κ2) is 10.4. The van der Waals surface area contributed by atoms with Crippen LogP contribution in [-0.2, 0) is 14.8 Å². The number of alkyl halides is 2. The van der Waals surface area contributed by atoms with Crippen LogP contribution in [0.4, 0.5) is 8.78 Å². The van der Waals surface area contributed by atoms with Crippen molar-refractivity contribution in [2.75, 3.05) is 7.05 Å². The minimum absolute atomic E-state index is 0.00892. The monoisotopic (exact) mass is 506 g/mol. The number of hydrogen-bond acceptors (Lipinski definition) is 6. The number of sulfonamides is 1. The number of halogens is 2. The van der Waals surface area contributed by atoms with Crippen molar-refractivity contribution in [3.05, 3.63) is 77.1 Å². The van der Waals surface area contributed by atoms with Crippen LogP contribution in [0.25, 0.3) is 5.69 Å². The van der Waals surface area contributed by atoms with Gasteiger partial charge in [-0.2, -0.15) is 8.78 Å². The van der Waals surface area contributed by atoms with E-state index in [0.29, 0.717) is 22.6 Å². The van der Waals surface area contributed by atoms with Crippen LogP contribution in [0.2, 0.25) is 0 Å². The van der Waals surface area contributed by atoms with Crippen LogP contribution in [0.3, 0.4) is 0 Å². The fraction of sp³-hybridized carbons (Fsp3) is 0.250. The Labute approximate surface area is 201 Å². The van der Waals surface area contributed by atoms with Crippen molar-refractivity contribution in [2.45, 2.75) is 38.4 Å². The van der Waals surface area contributed by atoms with E-state index in [2.05, 4.69) is 9.46 Å². The van der Waals surface area contributed by atoms with Crippen LogP contribution < -0.4 is 9.46 Å². The summed E-state index contributed by atoms with van der Waals surface area (Å²) in [6, 6.07) is 12.9. The van der Waals surface area contributed by atoms with Crippen molar-refractivity contribution >= 4 is 21.8 Å². The first kappa shape index (κ1) is 26.0. The van der Waals surface area contributed by atoms with E-state index in [1.807, 2.05) is 0 Å². The number of ether oxygens (including phenoxy) is 2. The molecule has 1 aromatic heterocycles. The number of carbonyl (C=O) groups is 2. The highest BCUT2D eigenvalue weighted by Crippen LogP contribution is 2.25. The van der Waals surface area contributed by atoms with E-state index in [0.717, 1.165) is 0 Å². The Bertz CT molecular complexity index is 1350. The van der Waals surface area contributed by atoms with Gasteiger partial charge in [-0.1, -0.05) is 6.07 Å². The molecule has 1 atom stereocenters. The maximum Gasteiger partial charge on any atom is 0.387 e. The van der Waals surface area contributed by atoms with Crippen molar-refractivity contribution in [3.8, 4) is 11.4 Å². The molecule has 3 aromatic rings.